The molecule has 15 heavy (non-hydrogen) atoms. The number of allylic oxidation sites excluding steroid dienone is 4. The lowest BCUT2D eigenvalue weighted by Crippen LogP contribution is -2.22. The predicted molar refractivity (Wildman–Crippen MR) is 61.2 cm³/mol. The highest BCUT2D eigenvalue weighted by Crippen LogP contribution is 2.39. The number of hydrogen-bond acceptors (Lipinski definition) is 3. The van der Waals surface area contributed by atoms with E-state index in [0.717, 1.165) is 5.57 Å². The van der Waals surface area contributed by atoms with Gasteiger partial charge in [-0.1, -0.05) is 17.8 Å². The lowest BCUT2D eigenvalue weighted by Gasteiger charge is -2.29. The zero-order chi connectivity index (χ0) is 11.8. The van der Waals surface area contributed by atoms with Crippen LogP contribution in [-0.2, 0) is 0 Å². The van der Waals surface area contributed by atoms with Crippen LogP contribution in [0.2, 0.25) is 0 Å². The number of aliphatic hydroxyl groups is 1. The molecule has 2 N–H and O–H groups in total. The van der Waals surface area contributed by atoms with Crippen molar-refractivity contribution in [3.63, 3.8) is 0 Å². The van der Waals surface area contributed by atoms with Gasteiger partial charge >= 0.3 is 0 Å². The summed E-state index contributed by atoms with van der Waals surface area (Å²) in [5.41, 5.74) is 2.20. The summed E-state index contributed by atoms with van der Waals surface area (Å²) in [5.74, 6) is 0.202. The van der Waals surface area contributed by atoms with E-state index in [1.54, 1.807) is 6.92 Å². The summed E-state index contributed by atoms with van der Waals surface area (Å²) in [6.45, 7) is 11.3. The first-order chi connectivity index (χ1) is 6.81. The summed E-state index contributed by atoms with van der Waals surface area (Å²) >= 11 is 0. The van der Waals surface area contributed by atoms with Gasteiger partial charge in [-0.15, -0.1) is 0 Å². The maximum Gasteiger partial charge on any atom is 0.111 e. The average Bonchev–Trinajstić information content (AvgIpc) is 2.14. The van der Waals surface area contributed by atoms with Crippen molar-refractivity contribution in [3.8, 4) is 0 Å². The minimum atomic E-state index is -0.438. The lowest BCUT2D eigenvalue weighted by atomic mass is 9.77. The van der Waals surface area contributed by atoms with Gasteiger partial charge in [0.25, 0.3) is 0 Å². The minimum Gasteiger partial charge on any atom is -0.511 e. The summed E-state index contributed by atoms with van der Waals surface area (Å²) in [6, 6.07) is 0. The molecule has 0 aliphatic heterocycles. The highest BCUT2D eigenvalue weighted by Gasteiger charge is 2.31. The van der Waals surface area contributed by atoms with Gasteiger partial charge in [0, 0.05) is 11.0 Å². The number of hydrogen-bond donors (Lipinski definition) is 2. The van der Waals surface area contributed by atoms with Gasteiger partial charge in [0.1, 0.15) is 5.76 Å². The maximum absolute atomic E-state index is 10.1. The first kappa shape index (κ1) is 11.6. The van der Waals surface area contributed by atoms with Gasteiger partial charge in [-0.2, -0.15) is 0 Å². The van der Waals surface area contributed by atoms with E-state index in [1.807, 2.05) is 26.8 Å². The van der Waals surface area contributed by atoms with Crippen LogP contribution in [0.1, 0.15) is 27.7 Å². The molecule has 0 saturated carbocycles. The highest BCUT2D eigenvalue weighted by molar-refractivity contribution is 6.03. The summed E-state index contributed by atoms with van der Waals surface area (Å²) in [4.78, 5) is 0. The number of aliphatic hydroxyl groups excluding tert-OH is 1. The van der Waals surface area contributed by atoms with E-state index in [4.69, 9.17) is 5.21 Å². The first-order valence-corrected chi connectivity index (χ1v) is 4.83. The minimum absolute atomic E-state index is 0.202. The van der Waals surface area contributed by atoms with E-state index in [0.29, 0.717) is 16.9 Å². The van der Waals surface area contributed by atoms with E-state index >= 15 is 0 Å². The third-order valence-corrected chi connectivity index (χ3v) is 2.71. The number of rotatable bonds is 1. The smallest absolute Gasteiger partial charge is 0.111 e. The van der Waals surface area contributed by atoms with Gasteiger partial charge in [-0.3, -0.25) is 0 Å². The Hall–Kier alpha value is -1.51. The first-order valence-electron chi connectivity index (χ1n) is 4.83. The SMILES string of the molecule is C=C1C(C)=CC(C)(C)C(O)=C1/C(C)=N\O. The van der Waals surface area contributed by atoms with E-state index in [2.05, 4.69) is 11.7 Å². The molecular formula is C12H17NO2. The molecule has 0 saturated heterocycles. The van der Waals surface area contributed by atoms with E-state index < -0.39 is 5.41 Å². The van der Waals surface area contributed by atoms with Crippen LogP contribution in [0.5, 0.6) is 0 Å². The molecule has 3 nitrogen and oxygen atoms in total. The van der Waals surface area contributed by atoms with Gasteiger partial charge in [-0.25, -0.2) is 0 Å². The average molecular weight is 207 g/mol. The molecule has 3 heteroatoms. The second kappa shape index (κ2) is 3.57. The Bertz CT molecular complexity index is 398. The van der Waals surface area contributed by atoms with Crippen LogP contribution in [-0.4, -0.2) is 16.0 Å². The molecule has 0 atom stereocenters. The third kappa shape index (κ3) is 1.82. The molecule has 0 aromatic heterocycles. The molecule has 0 aromatic rings. The van der Waals surface area contributed by atoms with Crippen molar-refractivity contribution >= 4 is 5.71 Å². The predicted octanol–water partition coefficient (Wildman–Crippen LogP) is 3.19. The summed E-state index contributed by atoms with van der Waals surface area (Å²) in [6.07, 6.45) is 1.96. The summed E-state index contributed by atoms with van der Waals surface area (Å²) in [7, 11) is 0. The van der Waals surface area contributed by atoms with Crippen LogP contribution in [0.25, 0.3) is 0 Å². The quantitative estimate of drug-likeness (QED) is 0.394. The number of nitrogens with zero attached hydrogens (tertiary/aromatic N) is 1. The second-order valence-electron chi connectivity index (χ2n) is 4.44. The molecule has 0 unspecified atom stereocenters. The fourth-order valence-corrected chi connectivity index (χ4v) is 1.80. The van der Waals surface area contributed by atoms with E-state index in [1.165, 1.54) is 0 Å². The van der Waals surface area contributed by atoms with Crippen molar-refractivity contribution in [2.75, 3.05) is 0 Å². The van der Waals surface area contributed by atoms with Crippen LogP contribution in [0.15, 0.2) is 40.3 Å². The van der Waals surface area contributed by atoms with Gasteiger partial charge in [0.2, 0.25) is 0 Å². The molecular weight excluding hydrogens is 190 g/mol. The topological polar surface area (TPSA) is 52.8 Å². The molecule has 82 valence electrons. The normalized spacial score (nSPS) is 21.7. The molecule has 0 aromatic carbocycles. The zero-order valence-electron chi connectivity index (χ0n) is 9.63. The lowest BCUT2D eigenvalue weighted by molar-refractivity contribution is 0.294. The standard InChI is InChI=1S/C12H17NO2/c1-7-6-12(4,5)11(14)10(8(7)2)9(3)13-15/h6,14-15H,2H2,1,3-5H3/b13-9-. The molecule has 0 heterocycles. The molecule has 1 rings (SSSR count). The van der Waals surface area contributed by atoms with Gasteiger partial charge in [0.15, 0.2) is 0 Å². The van der Waals surface area contributed by atoms with Crippen molar-refractivity contribution < 1.29 is 10.3 Å². The monoisotopic (exact) mass is 207 g/mol. The molecule has 0 radical (unpaired) electrons. The molecule has 0 bridgehead atoms. The maximum atomic E-state index is 10.1. The van der Waals surface area contributed by atoms with Gasteiger partial charge < -0.3 is 10.3 Å². The Kier molecular flexibility index (Phi) is 2.75. The highest BCUT2D eigenvalue weighted by atomic mass is 16.4. The van der Waals surface area contributed by atoms with Crippen molar-refractivity contribution in [1.82, 2.24) is 0 Å². The Morgan fingerprint density at radius 2 is 2.00 bits per heavy atom. The summed E-state index contributed by atoms with van der Waals surface area (Å²) in [5, 5.41) is 22.0. The Labute approximate surface area is 90.1 Å². The Balaban J connectivity index is 3.40. The van der Waals surface area contributed by atoms with Crippen LogP contribution in [0.4, 0.5) is 0 Å². The van der Waals surface area contributed by atoms with Crippen LogP contribution in [0, 0.1) is 5.41 Å². The van der Waals surface area contributed by atoms with E-state index in [9.17, 15) is 5.11 Å². The molecule has 0 spiro atoms. The zero-order valence-corrected chi connectivity index (χ0v) is 9.63. The second-order valence-corrected chi connectivity index (χ2v) is 4.44. The van der Waals surface area contributed by atoms with E-state index in [-0.39, 0.29) is 5.76 Å². The van der Waals surface area contributed by atoms with Crippen LogP contribution < -0.4 is 0 Å². The van der Waals surface area contributed by atoms with Crippen molar-refractivity contribution in [1.29, 1.82) is 0 Å². The summed E-state index contributed by atoms with van der Waals surface area (Å²) < 4.78 is 0. The fourth-order valence-electron chi connectivity index (χ4n) is 1.80. The molecule has 0 amide bonds. The number of oxime groups is 1. The third-order valence-electron chi connectivity index (χ3n) is 2.71. The Morgan fingerprint density at radius 3 is 2.47 bits per heavy atom. The van der Waals surface area contributed by atoms with Crippen LogP contribution >= 0.6 is 0 Å². The Morgan fingerprint density at radius 1 is 1.47 bits per heavy atom. The largest absolute Gasteiger partial charge is 0.511 e. The molecule has 0 fully saturated rings. The fraction of sp³-hybridized carbons (Fsp3) is 0.417. The van der Waals surface area contributed by atoms with Crippen molar-refractivity contribution in [2.24, 2.45) is 10.6 Å². The van der Waals surface area contributed by atoms with Crippen LogP contribution in [0.3, 0.4) is 0 Å². The van der Waals surface area contributed by atoms with Gasteiger partial charge in [0.05, 0.1) is 5.71 Å². The molecule has 1 aliphatic carbocycles. The van der Waals surface area contributed by atoms with Crippen molar-refractivity contribution in [2.45, 2.75) is 27.7 Å². The van der Waals surface area contributed by atoms with Gasteiger partial charge in [-0.05, 0) is 38.8 Å². The molecule has 1 aliphatic rings. The van der Waals surface area contributed by atoms with Crippen molar-refractivity contribution in [3.05, 3.63) is 35.1 Å².